The van der Waals surface area contributed by atoms with Gasteiger partial charge in [-0.3, -0.25) is 19.0 Å². The fourth-order valence-corrected chi connectivity index (χ4v) is 5.88. The summed E-state index contributed by atoms with van der Waals surface area (Å²) in [6, 6.07) is 18.2. The van der Waals surface area contributed by atoms with Gasteiger partial charge in [0, 0.05) is 40.3 Å². The van der Waals surface area contributed by atoms with Crippen molar-refractivity contribution in [3.8, 4) is 5.69 Å². The largest absolute Gasteiger partial charge is 0.355 e. The van der Waals surface area contributed by atoms with Gasteiger partial charge >= 0.3 is 0 Å². The second-order valence-electron chi connectivity index (χ2n) is 10.3. The molecule has 8 nitrogen and oxygen atoms in total. The molecule has 0 atom stereocenters. The van der Waals surface area contributed by atoms with E-state index in [1.807, 2.05) is 0 Å². The van der Waals surface area contributed by atoms with Gasteiger partial charge in [0.05, 0.1) is 29.1 Å². The summed E-state index contributed by atoms with van der Waals surface area (Å²) in [6.45, 7) is 0.553. The smallest absolute Gasteiger partial charge is 0.261 e. The third-order valence-electron chi connectivity index (χ3n) is 7.73. The minimum atomic E-state index is -0.301. The van der Waals surface area contributed by atoms with Crippen molar-refractivity contribution in [2.75, 3.05) is 13.6 Å². The lowest BCUT2D eigenvalue weighted by Gasteiger charge is -2.30. The van der Waals surface area contributed by atoms with Crippen molar-refractivity contribution in [3.05, 3.63) is 132 Å². The standard InChI is InChI=1S/C32H26BrClFN5O3/c1-36-29(41)20-6-11-24(12-7-20)39-30-22(5-2-19-3-9-23(35)10-4-19)17-37-40(30)28-18-38(15-14-25(28)32(39)43)31(42)21-8-13-26(33)27(34)16-21/h3-4,6-13,16-17H,2,5,14-15,18H2,1H3,(H,36,41). The molecule has 11 heteroatoms. The van der Waals surface area contributed by atoms with Gasteiger partial charge in [-0.05, 0) is 95.4 Å². The van der Waals surface area contributed by atoms with Crippen molar-refractivity contribution < 1.29 is 14.0 Å². The molecule has 218 valence electrons. The summed E-state index contributed by atoms with van der Waals surface area (Å²) in [4.78, 5) is 41.5. The molecule has 5 aromatic rings. The van der Waals surface area contributed by atoms with Gasteiger partial charge in [0.2, 0.25) is 0 Å². The van der Waals surface area contributed by atoms with E-state index in [9.17, 15) is 18.8 Å². The monoisotopic (exact) mass is 661 g/mol. The summed E-state index contributed by atoms with van der Waals surface area (Å²) >= 11 is 9.62. The van der Waals surface area contributed by atoms with Crippen LogP contribution >= 0.6 is 27.5 Å². The predicted molar refractivity (Wildman–Crippen MR) is 166 cm³/mol. The number of carbonyl (C=O) groups is 2. The molecule has 0 saturated heterocycles. The second kappa shape index (κ2) is 11.8. The van der Waals surface area contributed by atoms with Crippen LogP contribution in [0.25, 0.3) is 11.3 Å². The van der Waals surface area contributed by atoms with Crippen molar-refractivity contribution in [1.29, 1.82) is 0 Å². The summed E-state index contributed by atoms with van der Waals surface area (Å²) < 4.78 is 17.6. The molecule has 0 radical (unpaired) electrons. The maximum absolute atomic E-state index is 14.2. The minimum Gasteiger partial charge on any atom is -0.355 e. The summed E-state index contributed by atoms with van der Waals surface area (Å²) in [5.74, 6) is -0.716. The zero-order chi connectivity index (χ0) is 30.2. The van der Waals surface area contributed by atoms with Crippen molar-refractivity contribution in [2.24, 2.45) is 0 Å². The summed E-state index contributed by atoms with van der Waals surface area (Å²) in [7, 11) is 1.56. The van der Waals surface area contributed by atoms with Gasteiger partial charge < -0.3 is 10.2 Å². The highest BCUT2D eigenvalue weighted by Crippen LogP contribution is 2.27. The Kier molecular flexibility index (Phi) is 7.89. The van der Waals surface area contributed by atoms with E-state index in [1.54, 1.807) is 81.8 Å². The first-order chi connectivity index (χ1) is 20.7. The Balaban J connectivity index is 1.44. The van der Waals surface area contributed by atoms with Crippen LogP contribution in [0.2, 0.25) is 5.02 Å². The number of nitrogens with zero attached hydrogens (tertiary/aromatic N) is 4. The van der Waals surface area contributed by atoms with E-state index in [0.29, 0.717) is 69.0 Å². The minimum absolute atomic E-state index is 0.189. The lowest BCUT2D eigenvalue weighted by molar-refractivity contribution is 0.0729. The third kappa shape index (κ3) is 5.48. The number of benzene rings is 3. The van der Waals surface area contributed by atoms with E-state index in [1.165, 1.54) is 12.1 Å². The number of aromatic nitrogens is 3. The van der Waals surface area contributed by atoms with Gasteiger partial charge in [0.15, 0.2) is 0 Å². The average Bonchev–Trinajstić information content (AvgIpc) is 3.45. The van der Waals surface area contributed by atoms with Gasteiger partial charge in [-0.25, -0.2) is 8.91 Å². The number of hydrogen-bond donors (Lipinski definition) is 1. The highest BCUT2D eigenvalue weighted by Gasteiger charge is 2.29. The third-order valence-corrected chi connectivity index (χ3v) is 8.96. The molecule has 0 fully saturated rings. The summed E-state index contributed by atoms with van der Waals surface area (Å²) in [6.07, 6.45) is 3.24. The highest BCUT2D eigenvalue weighted by atomic mass is 79.9. The topological polar surface area (TPSA) is 88.7 Å². The predicted octanol–water partition coefficient (Wildman–Crippen LogP) is 5.38. The zero-order valence-corrected chi connectivity index (χ0v) is 25.5. The van der Waals surface area contributed by atoms with Crippen LogP contribution in [0, 0.1) is 5.82 Å². The highest BCUT2D eigenvalue weighted by molar-refractivity contribution is 9.10. The SMILES string of the molecule is CNC(=O)c1ccc(-n2c(=O)c3c(n4ncc(CCc5ccc(F)cc5)c24)CN(C(=O)c2ccc(Br)c(Cl)c2)CC3)cc1. The Labute approximate surface area is 259 Å². The summed E-state index contributed by atoms with van der Waals surface area (Å²) in [5.41, 5.74) is 4.91. The van der Waals surface area contributed by atoms with E-state index >= 15 is 0 Å². The van der Waals surface area contributed by atoms with Crippen LogP contribution in [0.4, 0.5) is 4.39 Å². The van der Waals surface area contributed by atoms with E-state index < -0.39 is 0 Å². The molecular formula is C32H26BrClFN5O3. The van der Waals surface area contributed by atoms with Crippen molar-refractivity contribution in [1.82, 2.24) is 24.4 Å². The van der Waals surface area contributed by atoms with Crippen molar-refractivity contribution in [3.63, 3.8) is 0 Å². The molecule has 43 heavy (non-hydrogen) atoms. The van der Waals surface area contributed by atoms with Gasteiger partial charge in [0.1, 0.15) is 11.5 Å². The van der Waals surface area contributed by atoms with Crippen LogP contribution < -0.4 is 10.9 Å². The first-order valence-electron chi connectivity index (χ1n) is 13.7. The van der Waals surface area contributed by atoms with Crippen molar-refractivity contribution in [2.45, 2.75) is 25.8 Å². The molecule has 2 aromatic heterocycles. The number of hydrogen-bond acceptors (Lipinski definition) is 4. The molecule has 0 aliphatic carbocycles. The Morgan fingerprint density at radius 2 is 1.74 bits per heavy atom. The van der Waals surface area contributed by atoms with Crippen LogP contribution in [0.5, 0.6) is 0 Å². The zero-order valence-electron chi connectivity index (χ0n) is 23.1. The number of nitrogens with one attached hydrogen (secondary N) is 1. The normalized spacial score (nSPS) is 12.8. The molecule has 3 aromatic carbocycles. The lowest BCUT2D eigenvalue weighted by atomic mass is 10.0. The van der Waals surface area contributed by atoms with Gasteiger partial charge in [0.25, 0.3) is 17.4 Å². The Morgan fingerprint density at radius 3 is 2.44 bits per heavy atom. The molecule has 1 aliphatic heterocycles. The van der Waals surface area contributed by atoms with E-state index in [0.717, 1.165) is 11.1 Å². The number of rotatable bonds is 6. The number of halogens is 3. The first-order valence-corrected chi connectivity index (χ1v) is 14.9. The van der Waals surface area contributed by atoms with Crippen LogP contribution in [-0.2, 0) is 25.8 Å². The molecule has 1 aliphatic rings. The van der Waals surface area contributed by atoms with Crippen molar-refractivity contribution >= 4 is 45.0 Å². The molecule has 0 saturated carbocycles. The molecule has 3 heterocycles. The Morgan fingerprint density at radius 1 is 1.02 bits per heavy atom. The van der Waals surface area contributed by atoms with E-state index in [4.69, 9.17) is 16.7 Å². The summed E-state index contributed by atoms with van der Waals surface area (Å²) in [5, 5.41) is 7.75. The van der Waals surface area contributed by atoms with E-state index in [2.05, 4.69) is 21.2 Å². The van der Waals surface area contributed by atoms with Crippen LogP contribution in [-0.4, -0.2) is 44.5 Å². The number of aryl methyl sites for hydroxylation is 2. The van der Waals surface area contributed by atoms with Gasteiger partial charge in [-0.2, -0.15) is 5.10 Å². The molecule has 1 N–H and O–H groups in total. The lowest BCUT2D eigenvalue weighted by Crippen LogP contribution is -2.41. The first kappa shape index (κ1) is 28.8. The van der Waals surface area contributed by atoms with Crippen LogP contribution in [0.1, 0.15) is 43.1 Å². The number of fused-ring (bicyclic) bond motifs is 3. The van der Waals surface area contributed by atoms with Crippen LogP contribution in [0.15, 0.2) is 82.2 Å². The molecular weight excluding hydrogens is 637 g/mol. The molecule has 0 spiro atoms. The molecule has 2 amide bonds. The Bertz CT molecular complexity index is 1940. The average molecular weight is 663 g/mol. The maximum atomic E-state index is 14.2. The fraction of sp³-hybridized carbons (Fsp3) is 0.188. The molecule has 0 bridgehead atoms. The molecule has 6 rings (SSSR count). The quantitative estimate of drug-likeness (QED) is 0.265. The Hall–Kier alpha value is -4.28. The number of carbonyl (C=O) groups excluding carboxylic acids is 2. The van der Waals surface area contributed by atoms with Crippen LogP contribution in [0.3, 0.4) is 0 Å². The fourth-order valence-electron chi connectivity index (χ4n) is 5.45. The van der Waals surface area contributed by atoms with Gasteiger partial charge in [-0.15, -0.1) is 0 Å². The van der Waals surface area contributed by atoms with Gasteiger partial charge in [-0.1, -0.05) is 23.7 Å². The van der Waals surface area contributed by atoms with E-state index in [-0.39, 0.29) is 29.7 Å². The number of amides is 2. The second-order valence-corrected chi connectivity index (χ2v) is 11.6. The molecule has 0 unspecified atom stereocenters. The maximum Gasteiger partial charge on any atom is 0.261 e.